The summed E-state index contributed by atoms with van der Waals surface area (Å²) in [5, 5.41) is 19.1. The van der Waals surface area contributed by atoms with E-state index in [-0.39, 0.29) is 24.2 Å². The van der Waals surface area contributed by atoms with E-state index in [4.69, 9.17) is 4.74 Å². The summed E-state index contributed by atoms with van der Waals surface area (Å²) in [6, 6.07) is 6.97. The summed E-state index contributed by atoms with van der Waals surface area (Å²) in [5.74, 6) is -0.0901. The lowest BCUT2D eigenvalue weighted by Crippen LogP contribution is -2.41. The van der Waals surface area contributed by atoms with Crippen LogP contribution in [-0.4, -0.2) is 27.9 Å². The molecule has 1 aliphatic rings. The molecule has 1 fully saturated rings. The van der Waals surface area contributed by atoms with Gasteiger partial charge in [-0.1, -0.05) is 12.1 Å². The van der Waals surface area contributed by atoms with Crippen molar-refractivity contribution in [2.24, 2.45) is 0 Å². The number of phenolic OH excluding ortho intramolecular Hbond substituents is 1. The highest BCUT2D eigenvalue weighted by Gasteiger charge is 2.35. The number of cyclic esters (lactones) is 1. The van der Waals surface area contributed by atoms with E-state index in [9.17, 15) is 15.0 Å². The Hall–Kier alpha value is -1.55. The van der Waals surface area contributed by atoms with Crippen molar-refractivity contribution in [3.63, 3.8) is 0 Å². The summed E-state index contributed by atoms with van der Waals surface area (Å²) < 4.78 is 5.22. The van der Waals surface area contributed by atoms with Crippen molar-refractivity contribution in [1.29, 1.82) is 0 Å². The topological polar surface area (TPSA) is 66.8 Å². The third-order valence-corrected chi connectivity index (χ3v) is 3.18. The molecule has 2 unspecified atom stereocenters. The Morgan fingerprint density at radius 1 is 1.39 bits per heavy atom. The smallest absolute Gasteiger partial charge is 0.308 e. The number of carbonyl (C=O) groups excluding carboxylic acids is 1. The van der Waals surface area contributed by atoms with E-state index in [0.717, 1.165) is 12.0 Å². The van der Waals surface area contributed by atoms with Gasteiger partial charge in [-0.05, 0) is 37.5 Å². The van der Waals surface area contributed by atoms with Crippen LogP contribution in [-0.2, 0) is 16.0 Å². The van der Waals surface area contributed by atoms with Gasteiger partial charge in [0.15, 0.2) is 0 Å². The molecule has 0 aromatic heterocycles. The SMILES string of the molecule is CC1(O)CC(=O)OC(CCc2ccc(O)cc2)C1. The van der Waals surface area contributed by atoms with Crippen LogP contribution in [0.25, 0.3) is 0 Å². The van der Waals surface area contributed by atoms with Crippen molar-refractivity contribution in [3.05, 3.63) is 29.8 Å². The van der Waals surface area contributed by atoms with Gasteiger partial charge in [-0.15, -0.1) is 0 Å². The van der Waals surface area contributed by atoms with E-state index < -0.39 is 5.60 Å². The molecule has 1 aromatic carbocycles. The van der Waals surface area contributed by atoms with E-state index in [2.05, 4.69) is 0 Å². The second kappa shape index (κ2) is 4.98. The molecule has 2 atom stereocenters. The van der Waals surface area contributed by atoms with Gasteiger partial charge >= 0.3 is 5.97 Å². The molecule has 0 bridgehead atoms. The molecule has 4 nitrogen and oxygen atoms in total. The summed E-state index contributed by atoms with van der Waals surface area (Å²) in [6.07, 6.45) is 1.77. The highest BCUT2D eigenvalue weighted by molar-refractivity contribution is 5.71. The maximum absolute atomic E-state index is 11.3. The predicted molar refractivity (Wildman–Crippen MR) is 66.2 cm³/mol. The average molecular weight is 250 g/mol. The van der Waals surface area contributed by atoms with E-state index in [1.165, 1.54) is 0 Å². The number of hydrogen-bond acceptors (Lipinski definition) is 4. The largest absolute Gasteiger partial charge is 0.508 e. The molecule has 98 valence electrons. The highest BCUT2D eigenvalue weighted by Crippen LogP contribution is 2.27. The molecular weight excluding hydrogens is 232 g/mol. The first-order valence-corrected chi connectivity index (χ1v) is 6.14. The van der Waals surface area contributed by atoms with Crippen LogP contribution in [0.3, 0.4) is 0 Å². The first-order valence-electron chi connectivity index (χ1n) is 6.14. The molecule has 4 heteroatoms. The van der Waals surface area contributed by atoms with Gasteiger partial charge in [0.2, 0.25) is 0 Å². The lowest BCUT2D eigenvalue weighted by atomic mass is 9.89. The molecule has 0 radical (unpaired) electrons. The number of ether oxygens (including phenoxy) is 1. The molecule has 18 heavy (non-hydrogen) atoms. The first kappa shape index (κ1) is 12.9. The number of hydrogen-bond donors (Lipinski definition) is 2. The Labute approximate surface area is 106 Å². The van der Waals surface area contributed by atoms with Crippen LogP contribution in [0, 0.1) is 0 Å². The summed E-state index contributed by atoms with van der Waals surface area (Å²) >= 11 is 0. The van der Waals surface area contributed by atoms with Crippen LogP contribution in [0.2, 0.25) is 0 Å². The quantitative estimate of drug-likeness (QED) is 0.802. The molecule has 1 heterocycles. The standard InChI is InChI=1S/C14H18O4/c1-14(17)8-12(18-13(16)9-14)7-4-10-2-5-11(15)6-3-10/h2-3,5-6,12,15,17H,4,7-9H2,1H3. The monoisotopic (exact) mass is 250 g/mol. The fraction of sp³-hybridized carbons (Fsp3) is 0.500. The number of phenols is 1. The fourth-order valence-electron chi connectivity index (χ4n) is 2.29. The summed E-state index contributed by atoms with van der Waals surface area (Å²) in [7, 11) is 0. The lowest BCUT2D eigenvalue weighted by molar-refractivity contribution is -0.168. The van der Waals surface area contributed by atoms with Gasteiger partial charge in [-0.3, -0.25) is 4.79 Å². The van der Waals surface area contributed by atoms with Crippen LogP contribution >= 0.6 is 0 Å². The van der Waals surface area contributed by atoms with Gasteiger partial charge in [0.1, 0.15) is 11.9 Å². The maximum atomic E-state index is 11.3. The normalized spacial score (nSPS) is 27.9. The molecule has 0 amide bonds. The van der Waals surface area contributed by atoms with E-state index >= 15 is 0 Å². The molecule has 1 saturated heterocycles. The minimum Gasteiger partial charge on any atom is -0.508 e. The Kier molecular flexibility index (Phi) is 3.57. The van der Waals surface area contributed by atoms with Gasteiger partial charge in [0, 0.05) is 6.42 Å². The number of rotatable bonds is 3. The van der Waals surface area contributed by atoms with Gasteiger partial charge in [-0.2, -0.15) is 0 Å². The lowest BCUT2D eigenvalue weighted by Gasteiger charge is -2.33. The molecule has 2 N–H and O–H groups in total. The minimum absolute atomic E-state index is 0.0721. The van der Waals surface area contributed by atoms with Crippen molar-refractivity contribution >= 4 is 5.97 Å². The van der Waals surface area contributed by atoms with E-state index in [0.29, 0.717) is 12.8 Å². The minimum atomic E-state index is -0.949. The predicted octanol–water partition coefficient (Wildman–Crippen LogP) is 1.78. The molecule has 2 rings (SSSR count). The zero-order valence-corrected chi connectivity index (χ0v) is 10.4. The Morgan fingerprint density at radius 2 is 2.06 bits per heavy atom. The van der Waals surface area contributed by atoms with Crippen LogP contribution in [0.15, 0.2) is 24.3 Å². The van der Waals surface area contributed by atoms with Crippen LogP contribution < -0.4 is 0 Å². The Balaban J connectivity index is 1.90. The van der Waals surface area contributed by atoms with Crippen molar-refractivity contribution < 1.29 is 19.7 Å². The summed E-state index contributed by atoms with van der Waals surface area (Å²) in [4.78, 5) is 11.3. The third-order valence-electron chi connectivity index (χ3n) is 3.18. The van der Waals surface area contributed by atoms with Crippen LogP contribution in [0.1, 0.15) is 31.7 Å². The Bertz CT molecular complexity index is 422. The number of esters is 1. The van der Waals surface area contributed by atoms with Crippen LogP contribution in [0.4, 0.5) is 0 Å². The van der Waals surface area contributed by atoms with Gasteiger partial charge < -0.3 is 14.9 Å². The second-order valence-corrected chi connectivity index (χ2v) is 5.19. The Morgan fingerprint density at radius 3 is 2.67 bits per heavy atom. The zero-order chi connectivity index (χ0) is 13.2. The molecular formula is C14H18O4. The second-order valence-electron chi connectivity index (χ2n) is 5.19. The van der Waals surface area contributed by atoms with Crippen molar-refractivity contribution in [3.8, 4) is 5.75 Å². The van der Waals surface area contributed by atoms with Gasteiger partial charge in [-0.25, -0.2) is 0 Å². The molecule has 1 aromatic rings. The molecule has 0 aliphatic carbocycles. The van der Waals surface area contributed by atoms with Gasteiger partial charge in [0.25, 0.3) is 0 Å². The summed E-state index contributed by atoms with van der Waals surface area (Å²) in [5.41, 5.74) is 0.128. The van der Waals surface area contributed by atoms with Crippen molar-refractivity contribution in [2.75, 3.05) is 0 Å². The van der Waals surface area contributed by atoms with Crippen LogP contribution in [0.5, 0.6) is 5.75 Å². The number of aromatic hydroxyl groups is 1. The number of carbonyl (C=O) groups is 1. The van der Waals surface area contributed by atoms with Crippen molar-refractivity contribution in [1.82, 2.24) is 0 Å². The number of aryl methyl sites for hydroxylation is 1. The van der Waals surface area contributed by atoms with E-state index in [1.54, 1.807) is 19.1 Å². The molecule has 0 spiro atoms. The van der Waals surface area contributed by atoms with Crippen molar-refractivity contribution in [2.45, 2.75) is 44.3 Å². The maximum Gasteiger partial charge on any atom is 0.308 e. The average Bonchev–Trinajstić information content (AvgIpc) is 2.25. The van der Waals surface area contributed by atoms with Gasteiger partial charge in [0.05, 0.1) is 12.0 Å². The fourth-order valence-corrected chi connectivity index (χ4v) is 2.29. The molecule has 0 saturated carbocycles. The van der Waals surface area contributed by atoms with E-state index in [1.807, 2.05) is 12.1 Å². The third kappa shape index (κ3) is 3.47. The first-order chi connectivity index (χ1) is 8.44. The summed E-state index contributed by atoms with van der Waals surface area (Å²) in [6.45, 7) is 1.67. The molecule has 1 aliphatic heterocycles. The number of benzene rings is 1. The number of aliphatic hydroxyl groups is 1. The zero-order valence-electron chi connectivity index (χ0n) is 10.4. The highest BCUT2D eigenvalue weighted by atomic mass is 16.5.